The Bertz CT molecular complexity index is 676. The van der Waals surface area contributed by atoms with Crippen molar-refractivity contribution in [3.8, 4) is 0 Å². The van der Waals surface area contributed by atoms with E-state index in [1.807, 2.05) is 6.20 Å². The van der Waals surface area contributed by atoms with Crippen LogP contribution in [0.5, 0.6) is 0 Å². The molecule has 0 spiro atoms. The van der Waals surface area contributed by atoms with Crippen molar-refractivity contribution in [2.24, 2.45) is 0 Å². The highest BCUT2D eigenvalue weighted by Gasteiger charge is 2.22. The van der Waals surface area contributed by atoms with Crippen LogP contribution in [0, 0.1) is 0 Å². The Kier molecular flexibility index (Phi) is 6.07. The number of nitrogens with one attached hydrogen (secondary N) is 1. The highest BCUT2D eigenvalue weighted by molar-refractivity contribution is 7.97. The molecular formula is C20H26N4OS. The minimum atomic E-state index is 0.530. The number of ether oxygens (including phenoxy) is 1. The third-order valence-electron chi connectivity index (χ3n) is 4.92. The molecule has 1 aromatic carbocycles. The maximum atomic E-state index is 5.40. The average molecular weight is 371 g/mol. The molecular weight excluding hydrogens is 344 g/mol. The lowest BCUT2D eigenvalue weighted by atomic mass is 10.2. The molecule has 2 aliphatic rings. The van der Waals surface area contributed by atoms with Gasteiger partial charge >= 0.3 is 0 Å². The van der Waals surface area contributed by atoms with Crippen LogP contribution in [0.4, 0.5) is 5.82 Å². The van der Waals surface area contributed by atoms with Gasteiger partial charge in [0, 0.05) is 49.9 Å². The van der Waals surface area contributed by atoms with E-state index < -0.39 is 0 Å². The fraction of sp³-hybridized carbons (Fsp3) is 0.450. The lowest BCUT2D eigenvalue weighted by Crippen LogP contribution is -2.36. The summed E-state index contributed by atoms with van der Waals surface area (Å²) < 4.78 is 9.01. The summed E-state index contributed by atoms with van der Waals surface area (Å²) in [6.45, 7) is 6.73. The number of hydrogen-bond acceptors (Lipinski definition) is 6. The molecule has 2 fully saturated rings. The van der Waals surface area contributed by atoms with Gasteiger partial charge < -0.3 is 9.64 Å². The molecule has 0 bridgehead atoms. The van der Waals surface area contributed by atoms with E-state index in [0.29, 0.717) is 6.04 Å². The quantitative estimate of drug-likeness (QED) is 0.789. The first-order valence-electron chi connectivity index (χ1n) is 9.34. The van der Waals surface area contributed by atoms with Gasteiger partial charge in [-0.1, -0.05) is 30.3 Å². The van der Waals surface area contributed by atoms with Crippen molar-refractivity contribution in [3.63, 3.8) is 0 Å². The van der Waals surface area contributed by atoms with Gasteiger partial charge in [-0.15, -0.1) is 0 Å². The topological polar surface area (TPSA) is 40.6 Å². The fourth-order valence-electron chi connectivity index (χ4n) is 3.48. The zero-order valence-corrected chi connectivity index (χ0v) is 15.8. The molecule has 3 heterocycles. The van der Waals surface area contributed by atoms with Crippen LogP contribution >= 0.6 is 11.9 Å². The lowest BCUT2D eigenvalue weighted by molar-refractivity contribution is 0.122. The Labute approximate surface area is 159 Å². The number of nitrogens with zero attached hydrogens (tertiary/aromatic N) is 3. The van der Waals surface area contributed by atoms with Crippen molar-refractivity contribution >= 4 is 17.8 Å². The van der Waals surface area contributed by atoms with Crippen LogP contribution in [-0.2, 0) is 11.3 Å². The number of rotatable bonds is 6. The van der Waals surface area contributed by atoms with Gasteiger partial charge in [0.1, 0.15) is 5.82 Å². The first-order valence-corrected chi connectivity index (χ1v) is 10.2. The first kappa shape index (κ1) is 17.8. The van der Waals surface area contributed by atoms with Crippen LogP contribution in [0.2, 0.25) is 0 Å². The lowest BCUT2D eigenvalue weighted by Gasteiger charge is -2.27. The molecule has 5 nitrogen and oxygen atoms in total. The van der Waals surface area contributed by atoms with Crippen LogP contribution < -0.4 is 9.62 Å². The maximum Gasteiger partial charge on any atom is 0.128 e. The summed E-state index contributed by atoms with van der Waals surface area (Å²) in [6, 6.07) is 15.5. The summed E-state index contributed by atoms with van der Waals surface area (Å²) in [5.74, 6) is 1.05. The predicted octanol–water partition coefficient (Wildman–Crippen LogP) is 2.79. The summed E-state index contributed by atoms with van der Waals surface area (Å²) in [7, 11) is 0. The number of anilines is 1. The molecule has 1 aromatic heterocycles. The average Bonchev–Trinajstić information content (AvgIpc) is 3.16. The third kappa shape index (κ3) is 4.76. The standard InChI is InChI=1S/C20H26N4OS/c1-2-4-17(5-3-1)15-23-9-8-18(16-23)22-26-19-6-7-20(21-14-19)24-10-12-25-13-11-24/h1-7,14,18,22H,8-13,15-16H2. The highest BCUT2D eigenvalue weighted by atomic mass is 32.2. The Balaban J connectivity index is 1.23. The van der Waals surface area contributed by atoms with Crippen LogP contribution in [-0.4, -0.2) is 55.3 Å². The molecule has 4 rings (SSSR count). The van der Waals surface area contributed by atoms with Gasteiger partial charge in [-0.2, -0.15) is 0 Å². The van der Waals surface area contributed by atoms with E-state index in [1.165, 1.54) is 16.9 Å². The summed E-state index contributed by atoms with van der Waals surface area (Å²) >= 11 is 1.70. The molecule has 1 N–H and O–H groups in total. The summed E-state index contributed by atoms with van der Waals surface area (Å²) in [5.41, 5.74) is 1.39. The Morgan fingerprint density at radius 1 is 1.08 bits per heavy atom. The van der Waals surface area contributed by atoms with Crippen LogP contribution in [0.1, 0.15) is 12.0 Å². The molecule has 2 saturated heterocycles. The highest BCUT2D eigenvalue weighted by Crippen LogP contribution is 2.21. The summed E-state index contributed by atoms with van der Waals surface area (Å²) in [5, 5.41) is 0. The minimum Gasteiger partial charge on any atom is -0.378 e. The molecule has 6 heteroatoms. The molecule has 1 unspecified atom stereocenters. The van der Waals surface area contributed by atoms with E-state index in [1.54, 1.807) is 11.9 Å². The molecule has 0 amide bonds. The SMILES string of the molecule is c1ccc(CN2CCC(NSc3ccc(N4CCOCC4)nc3)C2)cc1. The molecule has 2 aromatic rings. The molecule has 0 saturated carbocycles. The number of morpholine rings is 1. The number of benzene rings is 1. The maximum absolute atomic E-state index is 5.40. The minimum absolute atomic E-state index is 0.530. The van der Waals surface area contributed by atoms with Gasteiger partial charge in [-0.05, 0) is 36.1 Å². The van der Waals surface area contributed by atoms with E-state index in [2.05, 4.69) is 62.0 Å². The van der Waals surface area contributed by atoms with Crippen LogP contribution in [0.15, 0.2) is 53.6 Å². The zero-order valence-electron chi connectivity index (χ0n) is 15.0. The van der Waals surface area contributed by atoms with Crippen molar-refractivity contribution in [3.05, 3.63) is 54.2 Å². The fourth-order valence-corrected chi connectivity index (χ4v) is 4.21. The van der Waals surface area contributed by atoms with E-state index >= 15 is 0 Å². The van der Waals surface area contributed by atoms with Gasteiger partial charge in [0.25, 0.3) is 0 Å². The molecule has 0 radical (unpaired) electrons. The smallest absolute Gasteiger partial charge is 0.128 e. The Morgan fingerprint density at radius 2 is 1.92 bits per heavy atom. The first-order chi connectivity index (χ1) is 12.9. The van der Waals surface area contributed by atoms with Crippen molar-refractivity contribution in [2.45, 2.75) is 23.9 Å². The Morgan fingerprint density at radius 3 is 2.69 bits per heavy atom. The second kappa shape index (κ2) is 8.86. The molecule has 1 atom stereocenters. The number of pyridine rings is 1. The number of likely N-dealkylation sites (tertiary alicyclic amines) is 1. The normalized spacial score (nSPS) is 21.2. The number of aromatic nitrogens is 1. The van der Waals surface area contributed by atoms with Gasteiger partial charge in [0.15, 0.2) is 0 Å². The zero-order chi connectivity index (χ0) is 17.6. The molecule has 0 aliphatic carbocycles. The van der Waals surface area contributed by atoms with E-state index in [0.717, 1.165) is 51.8 Å². The van der Waals surface area contributed by atoms with Crippen molar-refractivity contribution < 1.29 is 4.74 Å². The van der Waals surface area contributed by atoms with Gasteiger partial charge in [0.05, 0.1) is 13.2 Å². The van der Waals surface area contributed by atoms with E-state index in [-0.39, 0.29) is 0 Å². The third-order valence-corrected chi connectivity index (χ3v) is 5.85. The van der Waals surface area contributed by atoms with Crippen molar-refractivity contribution in [1.29, 1.82) is 0 Å². The second-order valence-corrected chi connectivity index (χ2v) is 7.79. The Hall–Kier alpha value is -1.60. The van der Waals surface area contributed by atoms with Gasteiger partial charge in [-0.25, -0.2) is 4.98 Å². The molecule has 138 valence electrons. The molecule has 26 heavy (non-hydrogen) atoms. The van der Waals surface area contributed by atoms with Crippen molar-refractivity contribution in [2.75, 3.05) is 44.3 Å². The van der Waals surface area contributed by atoms with Gasteiger partial charge in [0.2, 0.25) is 0 Å². The molecule has 2 aliphatic heterocycles. The van der Waals surface area contributed by atoms with Crippen molar-refractivity contribution in [1.82, 2.24) is 14.6 Å². The second-order valence-electron chi connectivity index (χ2n) is 6.88. The van der Waals surface area contributed by atoms with Crippen LogP contribution in [0.25, 0.3) is 0 Å². The van der Waals surface area contributed by atoms with E-state index in [9.17, 15) is 0 Å². The summed E-state index contributed by atoms with van der Waals surface area (Å²) in [4.78, 5) is 10.6. The predicted molar refractivity (Wildman–Crippen MR) is 106 cm³/mol. The largest absolute Gasteiger partial charge is 0.378 e. The number of hydrogen-bond donors (Lipinski definition) is 1. The monoisotopic (exact) mass is 370 g/mol. The summed E-state index contributed by atoms with van der Waals surface area (Å²) in [6.07, 6.45) is 3.16. The van der Waals surface area contributed by atoms with E-state index in [4.69, 9.17) is 4.74 Å². The van der Waals surface area contributed by atoms with Gasteiger partial charge in [-0.3, -0.25) is 9.62 Å². The van der Waals surface area contributed by atoms with Crippen LogP contribution in [0.3, 0.4) is 0 Å².